The van der Waals surface area contributed by atoms with Gasteiger partial charge in [0.1, 0.15) is 18.1 Å². The number of amides is 1. The number of carbonyl (C=O) groups excluding carboxylic acids is 1. The van der Waals surface area contributed by atoms with Crippen molar-refractivity contribution < 1.29 is 14.3 Å². The van der Waals surface area contributed by atoms with Crippen LogP contribution in [-0.2, 0) is 30.8 Å². The molecule has 1 aromatic heterocycles. The third kappa shape index (κ3) is 7.32. The lowest BCUT2D eigenvalue weighted by molar-refractivity contribution is -0.118. The Kier molecular flexibility index (Phi) is 9.59. The van der Waals surface area contributed by atoms with E-state index in [2.05, 4.69) is 83.0 Å². The van der Waals surface area contributed by atoms with Crippen LogP contribution in [0.1, 0.15) is 47.6 Å². The second kappa shape index (κ2) is 14.1. The van der Waals surface area contributed by atoms with E-state index < -0.39 is 0 Å². The molecule has 4 aromatic carbocycles. The molecule has 44 heavy (non-hydrogen) atoms. The minimum atomic E-state index is 0.00404. The number of hydrogen-bond donors (Lipinski definition) is 1. The lowest BCUT2D eigenvalue weighted by Gasteiger charge is -2.18. The monoisotopic (exact) mass is 604 g/mol. The van der Waals surface area contributed by atoms with Gasteiger partial charge >= 0.3 is 0 Å². The van der Waals surface area contributed by atoms with E-state index in [9.17, 15) is 4.79 Å². The molecular formula is C38H40N2O3S. The molecule has 0 atom stereocenters. The van der Waals surface area contributed by atoms with Gasteiger partial charge in [-0.2, -0.15) is 0 Å². The van der Waals surface area contributed by atoms with Gasteiger partial charge in [-0.15, -0.1) is 11.3 Å². The van der Waals surface area contributed by atoms with Gasteiger partial charge in [-0.05, 0) is 96.2 Å². The molecule has 1 aliphatic heterocycles. The van der Waals surface area contributed by atoms with Crippen molar-refractivity contribution in [3.63, 3.8) is 0 Å². The van der Waals surface area contributed by atoms with Gasteiger partial charge in [-0.25, -0.2) is 0 Å². The average molecular weight is 605 g/mol. The Morgan fingerprint density at radius 2 is 1.66 bits per heavy atom. The van der Waals surface area contributed by atoms with Gasteiger partial charge in [0.2, 0.25) is 5.91 Å². The molecule has 0 aliphatic carbocycles. The predicted octanol–water partition coefficient (Wildman–Crippen LogP) is 8.02. The van der Waals surface area contributed by atoms with Crippen LogP contribution >= 0.6 is 11.3 Å². The van der Waals surface area contributed by atoms with Gasteiger partial charge < -0.3 is 14.8 Å². The molecule has 0 saturated carbocycles. The minimum Gasteiger partial charge on any atom is -0.496 e. The highest BCUT2D eigenvalue weighted by atomic mass is 32.1. The largest absolute Gasteiger partial charge is 0.496 e. The first kappa shape index (κ1) is 29.9. The van der Waals surface area contributed by atoms with Crippen LogP contribution in [0.4, 0.5) is 0 Å². The number of fused-ring (bicyclic) bond motifs is 1. The zero-order valence-electron chi connectivity index (χ0n) is 25.6. The summed E-state index contributed by atoms with van der Waals surface area (Å²) in [4.78, 5) is 15.1. The summed E-state index contributed by atoms with van der Waals surface area (Å²) in [6.45, 7) is 6.01. The Balaban J connectivity index is 1.30. The number of nitrogens with zero attached hydrogens (tertiary/aromatic N) is 1. The third-order valence-corrected chi connectivity index (χ3v) is 9.59. The van der Waals surface area contributed by atoms with Crippen molar-refractivity contribution >= 4 is 27.3 Å². The van der Waals surface area contributed by atoms with E-state index in [0.29, 0.717) is 13.2 Å². The molecule has 0 radical (unpaired) electrons. The van der Waals surface area contributed by atoms with Crippen molar-refractivity contribution in [1.82, 2.24) is 10.2 Å². The topological polar surface area (TPSA) is 50.8 Å². The Labute approximate surface area is 264 Å². The van der Waals surface area contributed by atoms with E-state index in [4.69, 9.17) is 9.47 Å². The van der Waals surface area contributed by atoms with Crippen LogP contribution in [0.15, 0.2) is 91.0 Å². The number of carbonyl (C=O) groups is 1. The van der Waals surface area contributed by atoms with Crippen molar-refractivity contribution in [2.75, 3.05) is 26.7 Å². The van der Waals surface area contributed by atoms with Crippen molar-refractivity contribution in [3.8, 4) is 21.9 Å². The summed E-state index contributed by atoms with van der Waals surface area (Å²) in [7, 11) is 1.78. The molecule has 0 bridgehead atoms. The van der Waals surface area contributed by atoms with E-state index in [1.165, 1.54) is 55.6 Å². The summed E-state index contributed by atoms with van der Waals surface area (Å²) in [6, 6.07) is 32.3. The SMILES string of the molecule is COc1cc(Cc2c(-c3ccc(CCNC(C)=O)cc3)sc3cc(OCc4ccccc4)ccc23)ccc1CN1CCCC1. The minimum absolute atomic E-state index is 0.00404. The van der Waals surface area contributed by atoms with E-state index in [1.807, 2.05) is 29.5 Å². The highest BCUT2D eigenvalue weighted by Gasteiger charge is 2.18. The number of nitrogens with one attached hydrogen (secondary N) is 1. The maximum atomic E-state index is 11.3. The van der Waals surface area contributed by atoms with Crippen LogP contribution in [0, 0.1) is 0 Å². The van der Waals surface area contributed by atoms with E-state index >= 15 is 0 Å². The Bertz CT molecular complexity index is 1710. The molecule has 6 heteroatoms. The van der Waals surface area contributed by atoms with Crippen molar-refractivity contribution in [2.45, 2.75) is 45.8 Å². The first-order chi connectivity index (χ1) is 21.6. The van der Waals surface area contributed by atoms with E-state index in [0.717, 1.165) is 49.5 Å². The number of thiophene rings is 1. The lowest BCUT2D eigenvalue weighted by atomic mass is 9.97. The highest BCUT2D eigenvalue weighted by Crippen LogP contribution is 2.42. The van der Waals surface area contributed by atoms with E-state index in [1.54, 1.807) is 14.0 Å². The number of benzene rings is 4. The Morgan fingerprint density at radius 3 is 2.41 bits per heavy atom. The van der Waals surface area contributed by atoms with Gasteiger partial charge in [0, 0.05) is 35.2 Å². The molecule has 0 unspecified atom stereocenters. The highest BCUT2D eigenvalue weighted by molar-refractivity contribution is 7.22. The summed E-state index contributed by atoms with van der Waals surface area (Å²) in [5.74, 6) is 1.85. The van der Waals surface area contributed by atoms with Gasteiger partial charge in [0.15, 0.2) is 0 Å². The van der Waals surface area contributed by atoms with Crippen molar-refractivity contribution in [1.29, 1.82) is 0 Å². The lowest BCUT2D eigenvalue weighted by Crippen LogP contribution is -2.22. The number of methoxy groups -OCH3 is 1. The van der Waals surface area contributed by atoms with Crippen LogP contribution in [-0.4, -0.2) is 37.6 Å². The molecule has 2 heterocycles. The molecule has 226 valence electrons. The van der Waals surface area contributed by atoms with E-state index in [-0.39, 0.29) is 5.91 Å². The van der Waals surface area contributed by atoms with Gasteiger partial charge in [-0.3, -0.25) is 9.69 Å². The Hall–Kier alpha value is -4.13. The summed E-state index contributed by atoms with van der Waals surface area (Å²) < 4.78 is 13.3. The molecule has 5 aromatic rings. The van der Waals surface area contributed by atoms with Crippen LogP contribution < -0.4 is 14.8 Å². The number of likely N-dealkylation sites (tertiary alicyclic amines) is 1. The second-order valence-corrected chi connectivity index (χ2v) is 12.6. The summed E-state index contributed by atoms with van der Waals surface area (Å²) in [6.07, 6.45) is 4.18. The first-order valence-corrected chi connectivity index (χ1v) is 16.3. The van der Waals surface area contributed by atoms with Gasteiger partial charge in [0.25, 0.3) is 0 Å². The number of hydrogen-bond acceptors (Lipinski definition) is 5. The molecule has 1 fully saturated rings. The summed E-state index contributed by atoms with van der Waals surface area (Å²) in [5.41, 5.74) is 7.38. The van der Waals surface area contributed by atoms with Gasteiger partial charge in [-0.1, -0.05) is 66.7 Å². The van der Waals surface area contributed by atoms with Crippen LogP contribution in [0.3, 0.4) is 0 Å². The summed E-state index contributed by atoms with van der Waals surface area (Å²) in [5, 5.41) is 4.15. The average Bonchev–Trinajstić information content (AvgIpc) is 3.69. The first-order valence-electron chi connectivity index (χ1n) is 15.5. The van der Waals surface area contributed by atoms with Crippen molar-refractivity contribution in [3.05, 3.63) is 119 Å². The molecule has 6 rings (SSSR count). The maximum absolute atomic E-state index is 11.3. The second-order valence-electron chi connectivity index (χ2n) is 11.6. The molecule has 0 spiro atoms. The van der Waals surface area contributed by atoms with Crippen LogP contribution in [0.2, 0.25) is 0 Å². The fraction of sp³-hybridized carbons (Fsp3) is 0.289. The number of rotatable bonds is 12. The third-order valence-electron chi connectivity index (χ3n) is 8.34. The molecule has 1 amide bonds. The quantitative estimate of drug-likeness (QED) is 0.157. The molecule has 1 saturated heterocycles. The fourth-order valence-electron chi connectivity index (χ4n) is 5.99. The van der Waals surface area contributed by atoms with Crippen LogP contribution in [0.25, 0.3) is 20.5 Å². The normalized spacial score (nSPS) is 13.3. The zero-order chi connectivity index (χ0) is 30.3. The standard InChI is InChI=1S/C38H40N2O3S/c1-27(41)39-19-18-28-10-13-31(14-11-28)38-35(22-30-12-15-32(36(23-30)42-2)25-40-20-6-7-21-40)34-17-16-33(24-37(34)44-38)43-26-29-8-4-3-5-9-29/h3-5,8-17,23-24H,6-7,18-22,25-26H2,1-2H3,(H,39,41). The predicted molar refractivity (Wildman–Crippen MR) is 181 cm³/mol. The summed E-state index contributed by atoms with van der Waals surface area (Å²) >= 11 is 1.82. The van der Waals surface area contributed by atoms with Crippen molar-refractivity contribution in [2.24, 2.45) is 0 Å². The zero-order valence-corrected chi connectivity index (χ0v) is 26.4. The molecule has 1 aliphatic rings. The Morgan fingerprint density at radius 1 is 0.886 bits per heavy atom. The van der Waals surface area contributed by atoms with Crippen LogP contribution in [0.5, 0.6) is 11.5 Å². The molecule has 5 nitrogen and oxygen atoms in total. The van der Waals surface area contributed by atoms with Gasteiger partial charge in [0.05, 0.1) is 7.11 Å². The molecule has 1 N–H and O–H groups in total. The maximum Gasteiger partial charge on any atom is 0.216 e. The fourth-order valence-corrected chi connectivity index (χ4v) is 7.25. The smallest absolute Gasteiger partial charge is 0.216 e. The number of ether oxygens (including phenoxy) is 2. The molecular weight excluding hydrogens is 564 g/mol.